The fraction of sp³-hybridized carbons (Fsp3) is 0.647. The molecule has 106 valence electrons. The number of benzene rings is 1. The molecule has 0 spiro atoms. The van der Waals surface area contributed by atoms with Crippen molar-refractivity contribution in [1.82, 2.24) is 5.32 Å². The molecular formula is C17H27NO. The standard InChI is InChI=1S/C17H27NO/c1-4-18-16(13(2)3)11-10-15-8-5-7-14-9-6-12-19-17(14)15/h5,7-8,13,16,18H,4,6,9-12H2,1-3H3. The van der Waals surface area contributed by atoms with Crippen molar-refractivity contribution in [3.63, 3.8) is 0 Å². The number of rotatable bonds is 6. The Morgan fingerprint density at radius 2 is 2.16 bits per heavy atom. The lowest BCUT2D eigenvalue weighted by molar-refractivity contribution is 0.284. The van der Waals surface area contributed by atoms with Gasteiger partial charge in [-0.2, -0.15) is 0 Å². The summed E-state index contributed by atoms with van der Waals surface area (Å²) in [6.45, 7) is 8.70. The van der Waals surface area contributed by atoms with Crippen molar-refractivity contribution in [3.8, 4) is 5.75 Å². The zero-order valence-electron chi connectivity index (χ0n) is 12.5. The van der Waals surface area contributed by atoms with Crippen LogP contribution < -0.4 is 10.1 Å². The first-order valence-corrected chi connectivity index (χ1v) is 7.69. The summed E-state index contributed by atoms with van der Waals surface area (Å²) in [5, 5.41) is 3.59. The van der Waals surface area contributed by atoms with Gasteiger partial charge < -0.3 is 10.1 Å². The lowest BCUT2D eigenvalue weighted by Crippen LogP contribution is -2.34. The predicted molar refractivity (Wildman–Crippen MR) is 80.9 cm³/mol. The monoisotopic (exact) mass is 261 g/mol. The first-order chi connectivity index (χ1) is 9.22. The molecule has 0 aromatic heterocycles. The molecule has 1 heterocycles. The smallest absolute Gasteiger partial charge is 0.125 e. The van der Waals surface area contributed by atoms with Crippen LogP contribution >= 0.6 is 0 Å². The van der Waals surface area contributed by atoms with Gasteiger partial charge in [-0.1, -0.05) is 39.0 Å². The summed E-state index contributed by atoms with van der Waals surface area (Å²) in [4.78, 5) is 0. The average Bonchev–Trinajstić information content (AvgIpc) is 2.43. The molecule has 0 saturated carbocycles. The second-order valence-corrected chi connectivity index (χ2v) is 5.80. The molecule has 1 unspecified atom stereocenters. The van der Waals surface area contributed by atoms with Crippen molar-refractivity contribution in [2.75, 3.05) is 13.2 Å². The molecule has 2 rings (SSSR count). The van der Waals surface area contributed by atoms with Crippen LogP contribution in [0.5, 0.6) is 5.75 Å². The Labute approximate surface area is 117 Å². The minimum absolute atomic E-state index is 0.601. The molecule has 0 aliphatic carbocycles. The number of ether oxygens (including phenoxy) is 1. The highest BCUT2D eigenvalue weighted by Gasteiger charge is 2.16. The Morgan fingerprint density at radius 1 is 1.32 bits per heavy atom. The third-order valence-electron chi connectivity index (χ3n) is 4.01. The average molecular weight is 261 g/mol. The number of hydrogen-bond acceptors (Lipinski definition) is 2. The lowest BCUT2D eigenvalue weighted by atomic mass is 9.94. The zero-order chi connectivity index (χ0) is 13.7. The summed E-state index contributed by atoms with van der Waals surface area (Å²) >= 11 is 0. The largest absolute Gasteiger partial charge is 0.493 e. The fourth-order valence-electron chi connectivity index (χ4n) is 2.90. The van der Waals surface area contributed by atoms with Crippen LogP contribution in [0.3, 0.4) is 0 Å². The van der Waals surface area contributed by atoms with Crippen LogP contribution in [0.15, 0.2) is 18.2 Å². The fourth-order valence-corrected chi connectivity index (χ4v) is 2.90. The van der Waals surface area contributed by atoms with E-state index in [4.69, 9.17) is 4.74 Å². The van der Waals surface area contributed by atoms with Gasteiger partial charge in [-0.25, -0.2) is 0 Å². The maximum atomic E-state index is 5.89. The molecule has 0 bridgehead atoms. The van der Waals surface area contributed by atoms with Gasteiger partial charge in [0.15, 0.2) is 0 Å². The van der Waals surface area contributed by atoms with E-state index in [-0.39, 0.29) is 0 Å². The number of para-hydroxylation sites is 1. The van der Waals surface area contributed by atoms with E-state index in [1.165, 1.54) is 29.7 Å². The summed E-state index contributed by atoms with van der Waals surface area (Å²) in [6, 6.07) is 7.22. The Morgan fingerprint density at radius 3 is 2.89 bits per heavy atom. The van der Waals surface area contributed by atoms with E-state index in [9.17, 15) is 0 Å². The Balaban J connectivity index is 2.02. The van der Waals surface area contributed by atoms with Crippen LogP contribution in [0.2, 0.25) is 0 Å². The third kappa shape index (κ3) is 3.73. The predicted octanol–water partition coefficient (Wildman–Crippen LogP) is 3.58. The van der Waals surface area contributed by atoms with Crippen LogP contribution in [0.1, 0.15) is 44.7 Å². The molecule has 0 fully saturated rings. The summed E-state index contributed by atoms with van der Waals surface area (Å²) < 4.78 is 5.89. The highest BCUT2D eigenvalue weighted by atomic mass is 16.5. The maximum absolute atomic E-state index is 5.89. The number of fused-ring (bicyclic) bond motifs is 1. The van der Waals surface area contributed by atoms with Gasteiger partial charge >= 0.3 is 0 Å². The van der Waals surface area contributed by atoms with Crippen LogP contribution in [-0.2, 0) is 12.8 Å². The van der Waals surface area contributed by atoms with E-state index < -0.39 is 0 Å². The molecule has 0 saturated heterocycles. The van der Waals surface area contributed by atoms with Crippen LogP contribution in [0.4, 0.5) is 0 Å². The number of nitrogens with one attached hydrogen (secondary N) is 1. The first kappa shape index (κ1) is 14.4. The quantitative estimate of drug-likeness (QED) is 0.845. The molecule has 1 aromatic rings. The van der Waals surface area contributed by atoms with E-state index in [1.54, 1.807) is 0 Å². The van der Waals surface area contributed by atoms with Crippen molar-refractivity contribution in [1.29, 1.82) is 0 Å². The molecule has 1 aliphatic rings. The number of aryl methyl sites for hydroxylation is 2. The van der Waals surface area contributed by atoms with Crippen molar-refractivity contribution in [2.24, 2.45) is 5.92 Å². The van der Waals surface area contributed by atoms with Crippen LogP contribution in [0, 0.1) is 5.92 Å². The Hall–Kier alpha value is -1.02. The first-order valence-electron chi connectivity index (χ1n) is 7.69. The highest BCUT2D eigenvalue weighted by molar-refractivity contribution is 5.42. The molecular weight excluding hydrogens is 234 g/mol. The van der Waals surface area contributed by atoms with Gasteiger partial charge in [-0.3, -0.25) is 0 Å². The minimum atomic E-state index is 0.601. The van der Waals surface area contributed by atoms with Crippen molar-refractivity contribution in [2.45, 2.75) is 52.5 Å². The lowest BCUT2D eigenvalue weighted by Gasteiger charge is -2.24. The topological polar surface area (TPSA) is 21.3 Å². The van der Waals surface area contributed by atoms with Crippen LogP contribution in [-0.4, -0.2) is 19.2 Å². The van der Waals surface area contributed by atoms with Gasteiger partial charge in [0.05, 0.1) is 6.61 Å². The van der Waals surface area contributed by atoms with Gasteiger partial charge in [-0.15, -0.1) is 0 Å². The van der Waals surface area contributed by atoms with Gasteiger partial charge in [0.25, 0.3) is 0 Å². The normalized spacial score (nSPS) is 16.0. The van der Waals surface area contributed by atoms with Gasteiger partial charge in [-0.05, 0) is 49.3 Å². The van der Waals surface area contributed by atoms with Crippen molar-refractivity contribution < 1.29 is 4.74 Å². The van der Waals surface area contributed by atoms with Gasteiger partial charge in [0.1, 0.15) is 5.75 Å². The SMILES string of the molecule is CCNC(CCc1cccc2c1OCCC2)C(C)C. The summed E-state index contributed by atoms with van der Waals surface area (Å²) in [5.41, 5.74) is 2.79. The second-order valence-electron chi connectivity index (χ2n) is 5.80. The van der Waals surface area contributed by atoms with E-state index in [0.29, 0.717) is 12.0 Å². The summed E-state index contributed by atoms with van der Waals surface area (Å²) in [5.74, 6) is 1.85. The maximum Gasteiger partial charge on any atom is 0.125 e. The summed E-state index contributed by atoms with van der Waals surface area (Å²) in [6.07, 6.45) is 4.62. The zero-order valence-corrected chi connectivity index (χ0v) is 12.5. The molecule has 0 radical (unpaired) electrons. The summed E-state index contributed by atoms with van der Waals surface area (Å²) in [7, 11) is 0. The van der Waals surface area contributed by atoms with Gasteiger partial charge in [0, 0.05) is 6.04 Å². The Kier molecular flexibility index (Phi) is 5.26. The minimum Gasteiger partial charge on any atom is -0.493 e. The van der Waals surface area contributed by atoms with Crippen LogP contribution in [0.25, 0.3) is 0 Å². The molecule has 1 atom stereocenters. The molecule has 0 amide bonds. The Bertz CT molecular complexity index is 400. The van der Waals surface area contributed by atoms with Crippen molar-refractivity contribution >= 4 is 0 Å². The van der Waals surface area contributed by atoms with E-state index in [1.807, 2.05) is 0 Å². The third-order valence-corrected chi connectivity index (χ3v) is 4.01. The molecule has 2 nitrogen and oxygen atoms in total. The van der Waals surface area contributed by atoms with Crippen molar-refractivity contribution in [3.05, 3.63) is 29.3 Å². The number of hydrogen-bond donors (Lipinski definition) is 1. The molecule has 19 heavy (non-hydrogen) atoms. The van der Waals surface area contributed by atoms with Gasteiger partial charge in [0.2, 0.25) is 0 Å². The van der Waals surface area contributed by atoms with E-state index in [2.05, 4.69) is 44.3 Å². The molecule has 1 aromatic carbocycles. The molecule has 1 N–H and O–H groups in total. The van der Waals surface area contributed by atoms with E-state index in [0.717, 1.165) is 26.0 Å². The molecule has 2 heteroatoms. The molecule has 1 aliphatic heterocycles. The van der Waals surface area contributed by atoms with E-state index >= 15 is 0 Å². The second kappa shape index (κ2) is 6.95. The highest BCUT2D eigenvalue weighted by Crippen LogP contribution is 2.30.